The summed E-state index contributed by atoms with van der Waals surface area (Å²) in [6.45, 7) is 0.530. The van der Waals surface area contributed by atoms with Crippen LogP contribution in [0.4, 0.5) is 17.1 Å². The number of carbonyl (C=O) groups is 2. The van der Waals surface area contributed by atoms with Crippen molar-refractivity contribution in [1.29, 1.82) is 0 Å². The number of nitrogens with zero attached hydrogens (tertiary/aromatic N) is 1. The largest absolute Gasteiger partial charge is 0.385 e. The van der Waals surface area contributed by atoms with E-state index in [1.807, 2.05) is 0 Å². The van der Waals surface area contributed by atoms with Crippen LogP contribution in [-0.4, -0.2) is 23.3 Å². The fourth-order valence-electron chi connectivity index (χ4n) is 2.20. The summed E-state index contributed by atoms with van der Waals surface area (Å²) in [5.41, 5.74) is 6.69. The maximum Gasteiger partial charge on any atom is 0.269 e. The average molecular weight is 342 g/mol. The highest BCUT2D eigenvalue weighted by atomic mass is 16.6. The topological polar surface area (TPSA) is 127 Å². The highest BCUT2D eigenvalue weighted by molar-refractivity contribution is 6.02. The van der Waals surface area contributed by atoms with Crippen molar-refractivity contribution in [3.05, 3.63) is 64.2 Å². The Hall–Kier alpha value is -3.42. The van der Waals surface area contributed by atoms with E-state index < -0.39 is 10.8 Å². The maximum absolute atomic E-state index is 12.0. The van der Waals surface area contributed by atoms with Gasteiger partial charge in [-0.1, -0.05) is 12.1 Å². The number of nitrogens with one attached hydrogen (secondary N) is 2. The Labute approximate surface area is 144 Å². The molecule has 25 heavy (non-hydrogen) atoms. The molecule has 2 aromatic carbocycles. The van der Waals surface area contributed by atoms with E-state index in [-0.39, 0.29) is 23.6 Å². The minimum atomic E-state index is -0.601. The molecule has 0 fully saturated rings. The highest BCUT2D eigenvalue weighted by Gasteiger charge is 2.10. The van der Waals surface area contributed by atoms with Crippen molar-refractivity contribution in [2.24, 2.45) is 5.73 Å². The molecule has 0 atom stereocenters. The SMILES string of the molecule is NC(=O)c1ccccc1NC(=O)CCCNc1ccc([N+](=O)[O-])cc1. The fraction of sp³-hybridized carbons (Fsp3) is 0.176. The van der Waals surface area contributed by atoms with Gasteiger partial charge in [0, 0.05) is 30.8 Å². The number of benzene rings is 2. The number of rotatable bonds is 8. The molecule has 0 spiro atoms. The Morgan fingerprint density at radius 1 is 1.08 bits per heavy atom. The predicted molar refractivity (Wildman–Crippen MR) is 94.4 cm³/mol. The molecule has 0 aromatic heterocycles. The minimum Gasteiger partial charge on any atom is -0.385 e. The van der Waals surface area contributed by atoms with Crippen molar-refractivity contribution in [3.8, 4) is 0 Å². The third-order valence-electron chi connectivity index (χ3n) is 3.45. The Morgan fingerprint density at radius 2 is 1.76 bits per heavy atom. The van der Waals surface area contributed by atoms with Gasteiger partial charge in [0.1, 0.15) is 0 Å². The zero-order valence-corrected chi connectivity index (χ0v) is 13.4. The fourth-order valence-corrected chi connectivity index (χ4v) is 2.20. The van der Waals surface area contributed by atoms with Crippen molar-refractivity contribution in [1.82, 2.24) is 0 Å². The van der Waals surface area contributed by atoms with Crippen molar-refractivity contribution >= 4 is 28.9 Å². The molecule has 0 heterocycles. The number of hydrogen-bond donors (Lipinski definition) is 3. The average Bonchev–Trinajstić information content (AvgIpc) is 2.59. The second-order valence-electron chi connectivity index (χ2n) is 5.29. The molecule has 4 N–H and O–H groups in total. The first-order valence-electron chi connectivity index (χ1n) is 7.64. The number of nitro groups is 1. The van der Waals surface area contributed by atoms with Crippen LogP contribution in [0.15, 0.2) is 48.5 Å². The van der Waals surface area contributed by atoms with E-state index in [0.29, 0.717) is 18.7 Å². The highest BCUT2D eigenvalue weighted by Crippen LogP contribution is 2.16. The molecule has 0 saturated heterocycles. The monoisotopic (exact) mass is 342 g/mol. The number of para-hydroxylation sites is 1. The number of carbonyl (C=O) groups excluding carboxylic acids is 2. The number of nitrogens with two attached hydrogens (primary N) is 1. The molecule has 2 amide bonds. The summed E-state index contributed by atoms with van der Waals surface area (Å²) in [6, 6.07) is 12.6. The summed E-state index contributed by atoms with van der Waals surface area (Å²) in [5.74, 6) is -0.824. The number of anilines is 2. The predicted octanol–water partition coefficient (Wildman–Crippen LogP) is 2.52. The van der Waals surface area contributed by atoms with Crippen LogP contribution in [0, 0.1) is 10.1 Å². The minimum absolute atomic E-state index is 0.0260. The van der Waals surface area contributed by atoms with Gasteiger partial charge in [-0.15, -0.1) is 0 Å². The van der Waals surface area contributed by atoms with Crippen LogP contribution in [0.3, 0.4) is 0 Å². The summed E-state index contributed by atoms with van der Waals surface area (Å²) in [6.07, 6.45) is 0.814. The molecule has 2 aromatic rings. The van der Waals surface area contributed by atoms with Crippen LogP contribution in [-0.2, 0) is 4.79 Å². The van der Waals surface area contributed by atoms with Crippen LogP contribution in [0.25, 0.3) is 0 Å². The lowest BCUT2D eigenvalue weighted by Gasteiger charge is -2.09. The summed E-state index contributed by atoms with van der Waals surface area (Å²) < 4.78 is 0. The Bertz CT molecular complexity index is 774. The zero-order chi connectivity index (χ0) is 18.2. The van der Waals surface area contributed by atoms with Crippen LogP contribution < -0.4 is 16.4 Å². The van der Waals surface area contributed by atoms with Gasteiger partial charge >= 0.3 is 0 Å². The van der Waals surface area contributed by atoms with E-state index in [9.17, 15) is 19.7 Å². The van der Waals surface area contributed by atoms with Gasteiger partial charge in [0.25, 0.3) is 11.6 Å². The van der Waals surface area contributed by atoms with Crippen LogP contribution in [0.2, 0.25) is 0 Å². The van der Waals surface area contributed by atoms with Gasteiger partial charge in [-0.3, -0.25) is 19.7 Å². The number of amides is 2. The zero-order valence-electron chi connectivity index (χ0n) is 13.4. The first kappa shape index (κ1) is 17.9. The molecule has 0 aliphatic carbocycles. The third-order valence-corrected chi connectivity index (χ3v) is 3.45. The summed E-state index contributed by atoms with van der Waals surface area (Å²) in [4.78, 5) is 33.4. The van der Waals surface area contributed by atoms with E-state index in [0.717, 1.165) is 5.69 Å². The standard InChI is InChI=1S/C17H18N4O4/c18-17(23)14-4-1-2-5-15(14)20-16(22)6-3-11-19-12-7-9-13(10-8-12)21(24)25/h1-2,4-5,7-10,19H,3,6,11H2,(H2,18,23)(H,20,22). The Morgan fingerprint density at radius 3 is 2.40 bits per heavy atom. The third kappa shape index (κ3) is 5.31. The van der Waals surface area contributed by atoms with E-state index in [1.54, 1.807) is 36.4 Å². The van der Waals surface area contributed by atoms with Crippen molar-refractivity contribution in [2.45, 2.75) is 12.8 Å². The molecule has 8 nitrogen and oxygen atoms in total. The lowest BCUT2D eigenvalue weighted by atomic mass is 10.1. The molecule has 0 unspecified atom stereocenters. The summed E-state index contributed by atoms with van der Waals surface area (Å²) in [7, 11) is 0. The van der Waals surface area contributed by atoms with Crippen LogP contribution in [0.5, 0.6) is 0 Å². The molecule has 0 bridgehead atoms. The van der Waals surface area contributed by atoms with Gasteiger partial charge in [0.05, 0.1) is 16.2 Å². The van der Waals surface area contributed by atoms with Crippen molar-refractivity contribution < 1.29 is 14.5 Å². The normalized spacial score (nSPS) is 10.1. The first-order valence-corrected chi connectivity index (χ1v) is 7.64. The van der Waals surface area contributed by atoms with Gasteiger partial charge in [0.15, 0.2) is 0 Å². The van der Waals surface area contributed by atoms with Crippen LogP contribution >= 0.6 is 0 Å². The molecule has 0 aliphatic heterocycles. The van der Waals surface area contributed by atoms with Gasteiger partial charge < -0.3 is 16.4 Å². The number of hydrogen-bond acceptors (Lipinski definition) is 5. The molecular weight excluding hydrogens is 324 g/mol. The van der Waals surface area contributed by atoms with E-state index in [2.05, 4.69) is 10.6 Å². The second kappa shape index (κ2) is 8.44. The molecule has 8 heteroatoms. The summed E-state index contributed by atoms with van der Waals surface area (Å²) in [5, 5.41) is 16.3. The molecule has 2 rings (SSSR count). The second-order valence-corrected chi connectivity index (χ2v) is 5.29. The van der Waals surface area contributed by atoms with E-state index in [4.69, 9.17) is 5.73 Å². The lowest BCUT2D eigenvalue weighted by molar-refractivity contribution is -0.384. The number of nitro benzene ring substituents is 1. The van der Waals surface area contributed by atoms with Gasteiger partial charge in [-0.25, -0.2) is 0 Å². The Balaban J connectivity index is 1.77. The van der Waals surface area contributed by atoms with Crippen molar-refractivity contribution in [2.75, 3.05) is 17.2 Å². The van der Waals surface area contributed by atoms with Crippen LogP contribution in [0.1, 0.15) is 23.2 Å². The van der Waals surface area contributed by atoms with Gasteiger partial charge in [-0.05, 0) is 30.7 Å². The molecule has 0 aliphatic rings. The number of primary amides is 1. The van der Waals surface area contributed by atoms with Crippen molar-refractivity contribution in [3.63, 3.8) is 0 Å². The quantitative estimate of drug-likeness (QED) is 0.386. The number of non-ortho nitro benzene ring substituents is 1. The summed E-state index contributed by atoms with van der Waals surface area (Å²) >= 11 is 0. The van der Waals surface area contributed by atoms with Gasteiger partial charge in [0.2, 0.25) is 5.91 Å². The van der Waals surface area contributed by atoms with E-state index >= 15 is 0 Å². The van der Waals surface area contributed by atoms with Gasteiger partial charge in [-0.2, -0.15) is 0 Å². The lowest BCUT2D eigenvalue weighted by Crippen LogP contribution is -2.18. The maximum atomic E-state index is 12.0. The molecule has 0 saturated carbocycles. The smallest absolute Gasteiger partial charge is 0.269 e. The Kier molecular flexibility index (Phi) is 6.05. The molecule has 130 valence electrons. The van der Waals surface area contributed by atoms with E-state index in [1.165, 1.54) is 12.1 Å². The first-order chi connectivity index (χ1) is 12.0. The molecule has 0 radical (unpaired) electrons. The molecular formula is C17H18N4O4.